The molecule has 0 atom stereocenters. The second-order valence-corrected chi connectivity index (χ2v) is 5.77. The quantitative estimate of drug-likeness (QED) is 0.609. The van der Waals surface area contributed by atoms with Crippen LogP contribution >= 0.6 is 0 Å². The lowest BCUT2D eigenvalue weighted by Gasteiger charge is -2.08. The van der Waals surface area contributed by atoms with Crippen LogP contribution < -0.4 is 5.69 Å². The van der Waals surface area contributed by atoms with Crippen molar-refractivity contribution < 1.29 is 0 Å². The van der Waals surface area contributed by atoms with Crippen LogP contribution in [-0.2, 0) is 0 Å². The Hall–Kier alpha value is -3.27. The summed E-state index contributed by atoms with van der Waals surface area (Å²) in [6.45, 7) is 2.02. The Balaban J connectivity index is 1.99. The van der Waals surface area contributed by atoms with Crippen LogP contribution in [0.3, 0.4) is 0 Å². The average molecular weight is 313 g/mol. The van der Waals surface area contributed by atoms with Crippen molar-refractivity contribution in [3.63, 3.8) is 0 Å². The molecule has 0 amide bonds. The summed E-state index contributed by atoms with van der Waals surface area (Å²) in [6.07, 6.45) is 3.68. The van der Waals surface area contributed by atoms with Crippen LogP contribution in [0.5, 0.6) is 0 Å². The van der Waals surface area contributed by atoms with E-state index in [9.17, 15) is 4.79 Å². The van der Waals surface area contributed by atoms with E-state index < -0.39 is 0 Å². The first kappa shape index (κ1) is 14.3. The number of benzene rings is 2. The highest BCUT2D eigenvalue weighted by Crippen LogP contribution is 2.29. The molecule has 4 heteroatoms. The van der Waals surface area contributed by atoms with E-state index in [2.05, 4.69) is 27.1 Å². The van der Waals surface area contributed by atoms with Gasteiger partial charge in [0.25, 0.3) is 0 Å². The molecule has 0 radical (unpaired) electrons. The number of H-pyrrole nitrogens is 1. The van der Waals surface area contributed by atoms with Crippen molar-refractivity contribution in [1.82, 2.24) is 15.0 Å². The maximum absolute atomic E-state index is 11.9. The summed E-state index contributed by atoms with van der Waals surface area (Å²) in [6, 6.07) is 17.8. The fraction of sp³-hybridized carbons (Fsp3) is 0.0500. The number of aromatic amines is 1. The molecular weight excluding hydrogens is 298 g/mol. The Morgan fingerprint density at radius 3 is 2.50 bits per heavy atom. The van der Waals surface area contributed by atoms with Gasteiger partial charge in [-0.25, -0.2) is 4.79 Å². The van der Waals surface area contributed by atoms with Crippen LogP contribution in [0.15, 0.2) is 71.8 Å². The summed E-state index contributed by atoms with van der Waals surface area (Å²) >= 11 is 0. The molecule has 2 heterocycles. The Morgan fingerprint density at radius 1 is 0.875 bits per heavy atom. The van der Waals surface area contributed by atoms with Gasteiger partial charge in [0.2, 0.25) is 0 Å². The predicted octanol–water partition coefficient (Wildman–Crippen LogP) is 3.96. The van der Waals surface area contributed by atoms with E-state index in [1.54, 1.807) is 0 Å². The monoisotopic (exact) mass is 313 g/mol. The van der Waals surface area contributed by atoms with E-state index in [1.165, 1.54) is 0 Å². The first-order valence-electron chi connectivity index (χ1n) is 7.72. The molecule has 2 aromatic heterocycles. The number of nitrogens with zero attached hydrogens (tertiary/aromatic N) is 2. The largest absolute Gasteiger partial charge is 0.345 e. The van der Waals surface area contributed by atoms with Gasteiger partial charge in [0, 0.05) is 28.9 Å². The van der Waals surface area contributed by atoms with Gasteiger partial charge >= 0.3 is 5.69 Å². The molecule has 0 fully saturated rings. The summed E-state index contributed by atoms with van der Waals surface area (Å²) in [4.78, 5) is 23.2. The average Bonchev–Trinajstić information content (AvgIpc) is 2.61. The minimum absolute atomic E-state index is 0.341. The van der Waals surface area contributed by atoms with Crippen LogP contribution in [0.2, 0.25) is 0 Å². The molecule has 0 aliphatic heterocycles. The lowest BCUT2D eigenvalue weighted by atomic mass is 10.0. The number of pyridine rings is 1. The third-order valence-electron chi connectivity index (χ3n) is 3.99. The summed E-state index contributed by atoms with van der Waals surface area (Å²) in [5.74, 6) is 0. The van der Waals surface area contributed by atoms with Gasteiger partial charge in [-0.3, -0.25) is 4.98 Å². The zero-order valence-electron chi connectivity index (χ0n) is 13.2. The molecule has 116 valence electrons. The minimum atomic E-state index is -0.341. The van der Waals surface area contributed by atoms with Gasteiger partial charge in [0.15, 0.2) is 0 Å². The maximum Gasteiger partial charge on any atom is 0.345 e. The lowest BCUT2D eigenvalue weighted by Crippen LogP contribution is -2.11. The number of aromatic nitrogens is 3. The Bertz CT molecular complexity index is 1080. The molecule has 0 aliphatic carbocycles. The van der Waals surface area contributed by atoms with Crippen molar-refractivity contribution in [3.05, 3.63) is 83.0 Å². The van der Waals surface area contributed by atoms with E-state index in [4.69, 9.17) is 0 Å². The van der Waals surface area contributed by atoms with Crippen molar-refractivity contribution >= 4 is 10.9 Å². The SMILES string of the molecule is Cc1cncc(-c2ccc3[nH]c(=O)nc(-c4ccccc4)c3c2)c1. The highest BCUT2D eigenvalue weighted by Gasteiger charge is 2.09. The minimum Gasteiger partial charge on any atom is -0.305 e. The van der Waals surface area contributed by atoms with Crippen LogP contribution in [0, 0.1) is 6.92 Å². The highest BCUT2D eigenvalue weighted by atomic mass is 16.1. The molecule has 24 heavy (non-hydrogen) atoms. The standard InChI is InChI=1S/C20H15N3O/c1-13-9-16(12-21-11-13)15-7-8-18-17(10-15)19(23-20(24)22-18)14-5-3-2-4-6-14/h2-12H,1H3,(H,22,23,24). The molecular formula is C20H15N3O. The molecule has 0 saturated heterocycles. The van der Waals surface area contributed by atoms with Gasteiger partial charge in [-0.15, -0.1) is 0 Å². The van der Waals surface area contributed by atoms with Gasteiger partial charge in [-0.2, -0.15) is 4.98 Å². The van der Waals surface area contributed by atoms with Gasteiger partial charge in [-0.1, -0.05) is 36.4 Å². The number of hydrogen-bond donors (Lipinski definition) is 1. The van der Waals surface area contributed by atoms with Gasteiger partial charge in [-0.05, 0) is 36.2 Å². The zero-order chi connectivity index (χ0) is 16.5. The summed E-state index contributed by atoms with van der Waals surface area (Å²) < 4.78 is 0. The lowest BCUT2D eigenvalue weighted by molar-refractivity contribution is 1.12. The third kappa shape index (κ3) is 2.58. The second-order valence-electron chi connectivity index (χ2n) is 5.77. The second kappa shape index (κ2) is 5.74. The van der Waals surface area contributed by atoms with E-state index in [1.807, 2.05) is 61.8 Å². The Labute approximate surface area is 138 Å². The van der Waals surface area contributed by atoms with Crippen molar-refractivity contribution in [2.24, 2.45) is 0 Å². The number of hydrogen-bond acceptors (Lipinski definition) is 3. The van der Waals surface area contributed by atoms with E-state index in [-0.39, 0.29) is 5.69 Å². The molecule has 4 nitrogen and oxygen atoms in total. The molecule has 0 aliphatic rings. The molecule has 0 spiro atoms. The van der Waals surface area contributed by atoms with Crippen molar-refractivity contribution in [2.45, 2.75) is 6.92 Å². The van der Waals surface area contributed by atoms with Crippen LogP contribution in [0.1, 0.15) is 5.56 Å². The van der Waals surface area contributed by atoms with Crippen LogP contribution in [-0.4, -0.2) is 15.0 Å². The Morgan fingerprint density at radius 2 is 1.71 bits per heavy atom. The number of rotatable bonds is 2. The summed E-state index contributed by atoms with van der Waals surface area (Å²) in [5.41, 5.74) is 5.25. The number of aryl methyl sites for hydroxylation is 1. The number of fused-ring (bicyclic) bond motifs is 1. The van der Waals surface area contributed by atoms with E-state index in [0.717, 1.165) is 33.2 Å². The topological polar surface area (TPSA) is 58.6 Å². The fourth-order valence-electron chi connectivity index (χ4n) is 2.86. The normalized spacial score (nSPS) is 10.9. The van der Waals surface area contributed by atoms with E-state index >= 15 is 0 Å². The first-order chi connectivity index (χ1) is 11.7. The Kier molecular flexibility index (Phi) is 3.43. The third-order valence-corrected chi connectivity index (χ3v) is 3.99. The summed E-state index contributed by atoms with van der Waals surface area (Å²) in [5, 5.41) is 0.916. The molecule has 4 rings (SSSR count). The van der Waals surface area contributed by atoms with Crippen molar-refractivity contribution in [3.8, 4) is 22.4 Å². The van der Waals surface area contributed by atoms with Gasteiger partial charge in [0.1, 0.15) is 0 Å². The smallest absolute Gasteiger partial charge is 0.305 e. The number of nitrogens with one attached hydrogen (secondary N) is 1. The first-order valence-corrected chi connectivity index (χ1v) is 7.72. The van der Waals surface area contributed by atoms with Crippen molar-refractivity contribution in [2.75, 3.05) is 0 Å². The molecule has 0 unspecified atom stereocenters. The van der Waals surface area contributed by atoms with Crippen LogP contribution in [0.25, 0.3) is 33.3 Å². The zero-order valence-corrected chi connectivity index (χ0v) is 13.2. The maximum atomic E-state index is 11.9. The van der Waals surface area contributed by atoms with Gasteiger partial charge in [0.05, 0.1) is 11.2 Å². The molecule has 4 aromatic rings. The summed E-state index contributed by atoms with van der Waals surface area (Å²) in [7, 11) is 0. The molecule has 0 saturated carbocycles. The molecule has 0 bridgehead atoms. The highest BCUT2D eigenvalue weighted by molar-refractivity contribution is 5.94. The predicted molar refractivity (Wildman–Crippen MR) is 95.8 cm³/mol. The molecule has 2 aromatic carbocycles. The van der Waals surface area contributed by atoms with Gasteiger partial charge < -0.3 is 4.98 Å². The van der Waals surface area contributed by atoms with E-state index in [0.29, 0.717) is 5.69 Å². The van der Waals surface area contributed by atoms with Crippen LogP contribution in [0.4, 0.5) is 0 Å². The molecule has 1 N–H and O–H groups in total. The fourth-order valence-corrected chi connectivity index (χ4v) is 2.86. The van der Waals surface area contributed by atoms with Crippen molar-refractivity contribution in [1.29, 1.82) is 0 Å².